The minimum atomic E-state index is -4.47. The highest BCUT2D eigenvalue weighted by molar-refractivity contribution is 9.10. The van der Waals surface area contributed by atoms with Crippen molar-refractivity contribution in [1.82, 2.24) is 4.57 Å². The summed E-state index contributed by atoms with van der Waals surface area (Å²) in [6, 6.07) is 27.2. The first-order chi connectivity index (χ1) is 18.4. The van der Waals surface area contributed by atoms with Gasteiger partial charge in [0.2, 0.25) is 0 Å². The van der Waals surface area contributed by atoms with Crippen LogP contribution in [0.15, 0.2) is 100 Å². The highest BCUT2D eigenvalue weighted by atomic mass is 79.9. The van der Waals surface area contributed by atoms with Gasteiger partial charge in [-0.3, -0.25) is 0 Å². The highest BCUT2D eigenvalue weighted by Gasteiger charge is 2.40. The molecule has 0 saturated carbocycles. The standard InChI is InChI=1S/C31H29BrF3N2OP/c1-5-37-28-15-7-6-14-26(28)27-20-25(16-17-29(27)37)39(30(2,3)4,38-24-13-9-11-22(32)19-24)36-23-12-8-10-21(18-23)31(33,34)35/h6-20H,5H2,1-4H3/t39-/m1/s1. The summed E-state index contributed by atoms with van der Waals surface area (Å²) in [5.41, 5.74) is 1.73. The minimum absolute atomic E-state index is 0.235. The lowest BCUT2D eigenvalue weighted by atomic mass is 10.1. The van der Waals surface area contributed by atoms with Crippen molar-refractivity contribution in [2.24, 2.45) is 4.74 Å². The summed E-state index contributed by atoms with van der Waals surface area (Å²) < 4.78 is 56.0. The first kappa shape index (κ1) is 27.5. The number of rotatable bonds is 5. The molecule has 39 heavy (non-hydrogen) atoms. The molecule has 0 fully saturated rings. The third kappa shape index (κ3) is 5.15. The van der Waals surface area contributed by atoms with E-state index < -0.39 is 24.2 Å². The summed E-state index contributed by atoms with van der Waals surface area (Å²) >= 11 is 3.52. The number of halogens is 4. The van der Waals surface area contributed by atoms with E-state index in [1.165, 1.54) is 6.07 Å². The van der Waals surface area contributed by atoms with Crippen LogP contribution in [-0.2, 0) is 12.7 Å². The summed E-state index contributed by atoms with van der Waals surface area (Å²) in [6.07, 6.45) is -4.47. The number of aryl methyl sites for hydroxylation is 1. The van der Waals surface area contributed by atoms with E-state index in [0.717, 1.165) is 50.3 Å². The average molecular weight is 613 g/mol. The van der Waals surface area contributed by atoms with Crippen molar-refractivity contribution < 1.29 is 17.7 Å². The fraction of sp³-hybridized carbons (Fsp3) is 0.226. The molecule has 0 radical (unpaired) electrons. The maximum atomic E-state index is 13.6. The van der Waals surface area contributed by atoms with Crippen molar-refractivity contribution in [1.29, 1.82) is 0 Å². The number of benzene rings is 4. The zero-order chi connectivity index (χ0) is 28.0. The van der Waals surface area contributed by atoms with E-state index >= 15 is 0 Å². The molecular weight excluding hydrogens is 584 g/mol. The number of fused-ring (bicyclic) bond motifs is 3. The fourth-order valence-electron chi connectivity index (χ4n) is 4.96. The summed E-state index contributed by atoms with van der Waals surface area (Å²) in [5.74, 6) is 0.597. The van der Waals surface area contributed by atoms with Crippen LogP contribution < -0.4 is 9.83 Å². The Balaban J connectivity index is 1.85. The first-order valence-electron chi connectivity index (χ1n) is 12.7. The van der Waals surface area contributed by atoms with Crippen molar-refractivity contribution in [2.45, 2.75) is 45.6 Å². The Morgan fingerprint density at radius 3 is 2.23 bits per heavy atom. The zero-order valence-electron chi connectivity index (χ0n) is 22.1. The second kappa shape index (κ2) is 10.2. The van der Waals surface area contributed by atoms with Gasteiger partial charge in [-0.05, 0) is 67.6 Å². The Bertz CT molecular complexity index is 1730. The van der Waals surface area contributed by atoms with E-state index in [1.807, 2.05) is 63.2 Å². The van der Waals surface area contributed by atoms with Crippen LogP contribution in [0.3, 0.4) is 0 Å². The molecule has 3 nitrogen and oxygen atoms in total. The van der Waals surface area contributed by atoms with Gasteiger partial charge >= 0.3 is 6.18 Å². The molecule has 0 unspecified atom stereocenters. The molecule has 4 aromatic carbocycles. The van der Waals surface area contributed by atoms with Crippen molar-refractivity contribution in [3.8, 4) is 5.75 Å². The number of para-hydroxylation sites is 1. The summed E-state index contributed by atoms with van der Waals surface area (Å²) in [6.45, 7) is 9.04. The van der Waals surface area contributed by atoms with Crippen molar-refractivity contribution in [2.75, 3.05) is 0 Å². The van der Waals surface area contributed by atoms with E-state index in [4.69, 9.17) is 9.27 Å². The van der Waals surface area contributed by atoms with Crippen LogP contribution in [0.4, 0.5) is 18.9 Å². The molecular formula is C31H29BrF3N2OP. The molecule has 1 heterocycles. The molecule has 0 amide bonds. The Hall–Kier alpha value is -3.02. The van der Waals surface area contributed by atoms with Gasteiger partial charge in [0.25, 0.3) is 0 Å². The maximum absolute atomic E-state index is 13.6. The summed E-state index contributed by atoms with van der Waals surface area (Å²) in [7, 11) is -3.02. The monoisotopic (exact) mass is 612 g/mol. The van der Waals surface area contributed by atoms with E-state index in [0.29, 0.717) is 5.75 Å². The largest absolute Gasteiger partial charge is 0.455 e. The van der Waals surface area contributed by atoms with Crippen LogP contribution >= 0.6 is 23.2 Å². The van der Waals surface area contributed by atoms with Crippen molar-refractivity contribution in [3.05, 3.63) is 101 Å². The second-order valence-electron chi connectivity index (χ2n) is 10.4. The smallest absolute Gasteiger partial charge is 0.416 e. The van der Waals surface area contributed by atoms with Gasteiger partial charge in [-0.2, -0.15) is 13.2 Å². The van der Waals surface area contributed by atoms with Crippen LogP contribution in [0.1, 0.15) is 33.3 Å². The van der Waals surface area contributed by atoms with Crippen LogP contribution in [0.2, 0.25) is 0 Å². The molecule has 0 aliphatic rings. The van der Waals surface area contributed by atoms with Gasteiger partial charge in [0.1, 0.15) is 5.75 Å². The van der Waals surface area contributed by atoms with Gasteiger partial charge in [0.05, 0.1) is 11.3 Å². The highest BCUT2D eigenvalue weighted by Crippen LogP contribution is 2.62. The van der Waals surface area contributed by atoms with E-state index in [-0.39, 0.29) is 5.69 Å². The quantitative estimate of drug-likeness (QED) is 0.181. The van der Waals surface area contributed by atoms with E-state index in [1.54, 1.807) is 6.07 Å². The molecule has 8 heteroatoms. The molecule has 5 aromatic rings. The fourth-order valence-corrected chi connectivity index (χ4v) is 8.40. The Labute approximate surface area is 234 Å². The molecule has 0 aliphatic carbocycles. The summed E-state index contributed by atoms with van der Waals surface area (Å²) in [5, 5.41) is 2.49. The van der Waals surface area contributed by atoms with Gasteiger partial charge in [-0.15, -0.1) is 0 Å². The third-order valence-corrected chi connectivity index (χ3v) is 11.1. The predicted molar refractivity (Wildman–Crippen MR) is 160 cm³/mol. The average Bonchev–Trinajstić information content (AvgIpc) is 3.20. The molecule has 0 spiro atoms. The number of alkyl halides is 3. The van der Waals surface area contributed by atoms with E-state index in [2.05, 4.69) is 51.7 Å². The van der Waals surface area contributed by atoms with Crippen molar-refractivity contribution in [3.63, 3.8) is 0 Å². The Kier molecular flexibility index (Phi) is 7.19. The van der Waals surface area contributed by atoms with Gasteiger partial charge in [0, 0.05) is 43.3 Å². The van der Waals surface area contributed by atoms with Gasteiger partial charge in [-0.25, -0.2) is 4.74 Å². The molecule has 1 atom stereocenters. The van der Waals surface area contributed by atoms with Crippen LogP contribution in [0, 0.1) is 0 Å². The first-order valence-corrected chi connectivity index (χ1v) is 15.1. The lowest BCUT2D eigenvalue weighted by Crippen LogP contribution is -2.27. The lowest BCUT2D eigenvalue weighted by molar-refractivity contribution is -0.137. The van der Waals surface area contributed by atoms with E-state index in [9.17, 15) is 13.2 Å². The molecule has 0 bridgehead atoms. The van der Waals surface area contributed by atoms with Gasteiger partial charge in [-0.1, -0.05) is 67.0 Å². The van der Waals surface area contributed by atoms with Crippen LogP contribution in [0.5, 0.6) is 5.75 Å². The van der Waals surface area contributed by atoms with Crippen LogP contribution in [-0.4, -0.2) is 9.72 Å². The molecule has 0 N–H and O–H groups in total. The Morgan fingerprint density at radius 1 is 0.821 bits per heavy atom. The third-order valence-electron chi connectivity index (χ3n) is 6.79. The van der Waals surface area contributed by atoms with Gasteiger partial charge in [0.15, 0.2) is 7.28 Å². The number of hydrogen-bond donors (Lipinski definition) is 0. The van der Waals surface area contributed by atoms with Crippen molar-refractivity contribution >= 4 is 56.0 Å². The second-order valence-corrected chi connectivity index (χ2v) is 14.7. The number of aromatic nitrogens is 1. The molecule has 5 rings (SSSR count). The lowest BCUT2D eigenvalue weighted by Gasteiger charge is -2.37. The van der Waals surface area contributed by atoms with Gasteiger partial charge < -0.3 is 9.09 Å². The number of hydrogen-bond acceptors (Lipinski definition) is 2. The SMILES string of the molecule is CCn1c2ccccc2c2cc([P@@](=Nc3cccc(C(F)(F)F)c3)(Oc3cccc(Br)c3)C(C)(C)C)ccc21. The zero-order valence-corrected chi connectivity index (χ0v) is 24.6. The predicted octanol–water partition coefficient (Wildman–Crippen LogP) is 10.5. The summed E-state index contributed by atoms with van der Waals surface area (Å²) in [4.78, 5) is 0. The maximum Gasteiger partial charge on any atom is 0.416 e. The number of nitrogens with zero attached hydrogens (tertiary/aromatic N) is 2. The topological polar surface area (TPSA) is 26.5 Å². The minimum Gasteiger partial charge on any atom is -0.455 e. The molecule has 0 saturated heterocycles. The molecule has 202 valence electrons. The Morgan fingerprint density at radius 2 is 1.54 bits per heavy atom. The van der Waals surface area contributed by atoms with Crippen LogP contribution in [0.25, 0.3) is 21.8 Å². The molecule has 1 aromatic heterocycles. The molecule has 0 aliphatic heterocycles. The normalized spacial score (nSPS) is 13.9.